The number of rotatable bonds is 11. The number of esters is 1. The van der Waals surface area contributed by atoms with E-state index in [9.17, 15) is 9.59 Å². The summed E-state index contributed by atoms with van der Waals surface area (Å²) in [4.78, 5) is 22.5. The lowest BCUT2D eigenvalue weighted by Gasteiger charge is -2.38. The van der Waals surface area contributed by atoms with E-state index in [2.05, 4.69) is 62.4 Å². The normalized spacial score (nSPS) is 16.5. The smallest absolute Gasteiger partial charge is 0.306 e. The maximum Gasteiger partial charge on any atom is 0.306 e. The van der Waals surface area contributed by atoms with Crippen molar-refractivity contribution in [2.24, 2.45) is 0 Å². The molecule has 50 heavy (non-hydrogen) atoms. The third kappa shape index (κ3) is 5.60. The van der Waals surface area contributed by atoms with Crippen molar-refractivity contribution < 1.29 is 38.4 Å². The second-order valence-corrected chi connectivity index (χ2v) is 13.0. The molecule has 8 nitrogen and oxygen atoms in total. The van der Waals surface area contributed by atoms with Gasteiger partial charge in [-0.1, -0.05) is 68.5 Å². The van der Waals surface area contributed by atoms with Crippen LogP contribution < -0.4 is 18.9 Å². The van der Waals surface area contributed by atoms with Crippen molar-refractivity contribution in [1.82, 2.24) is 0 Å². The van der Waals surface area contributed by atoms with E-state index in [1.807, 2.05) is 54.6 Å². The summed E-state index contributed by atoms with van der Waals surface area (Å²) in [6, 6.07) is 30.4. The number of fused-ring (bicyclic) bond motifs is 8. The van der Waals surface area contributed by atoms with E-state index in [0.717, 1.165) is 44.7 Å². The number of benzene rings is 5. The topological polar surface area (TPSA) is 101 Å². The van der Waals surface area contributed by atoms with Gasteiger partial charge in [0.15, 0.2) is 5.60 Å². The van der Waals surface area contributed by atoms with E-state index in [0.29, 0.717) is 5.75 Å². The maximum absolute atomic E-state index is 11.8. The van der Waals surface area contributed by atoms with Crippen LogP contribution in [-0.4, -0.2) is 44.5 Å². The molecule has 2 aliphatic rings. The number of hydrogen-bond donors (Lipinski definition) is 1. The molecule has 1 atom stereocenters. The quantitative estimate of drug-likeness (QED) is 0.111. The summed E-state index contributed by atoms with van der Waals surface area (Å²) in [6.07, 6.45) is 3.89. The summed E-state index contributed by atoms with van der Waals surface area (Å²) in [6.45, 7) is 4.70. The second kappa shape index (κ2) is 12.9. The van der Waals surface area contributed by atoms with Crippen LogP contribution >= 0.6 is 0 Å². The summed E-state index contributed by atoms with van der Waals surface area (Å²) in [5.74, 6) is 1.24. The molecule has 5 aromatic carbocycles. The highest BCUT2D eigenvalue weighted by atomic mass is 16.6. The fourth-order valence-electron chi connectivity index (χ4n) is 7.27. The van der Waals surface area contributed by atoms with E-state index in [4.69, 9.17) is 28.8 Å². The SMILES string of the molecule is COc1ccc(C2(c3ccc(OCCOC(=O)CCC(=O)O)cc3)C=Cc3c4c(c5ccc(OC)cc5c3O2)-c2ccccc2C4(C)C)cc1. The minimum Gasteiger partial charge on any atom is -0.497 e. The Balaban J connectivity index is 1.30. The predicted octanol–water partition coefficient (Wildman–Crippen LogP) is 8.30. The molecule has 0 bridgehead atoms. The third-order valence-electron chi connectivity index (χ3n) is 9.71. The zero-order chi connectivity index (χ0) is 35.0. The minimum atomic E-state index is -1.04. The molecule has 0 spiro atoms. The number of carboxylic acid groups (broad SMARTS) is 1. The Morgan fingerprint density at radius 1 is 0.760 bits per heavy atom. The first-order valence-corrected chi connectivity index (χ1v) is 16.6. The summed E-state index contributed by atoms with van der Waals surface area (Å²) in [5.41, 5.74) is 6.56. The first-order chi connectivity index (χ1) is 24.2. The van der Waals surface area contributed by atoms with Crippen molar-refractivity contribution >= 4 is 28.8 Å². The molecule has 0 radical (unpaired) electrons. The number of carbonyl (C=O) groups excluding carboxylic acids is 1. The minimum absolute atomic E-state index is 0.0136. The summed E-state index contributed by atoms with van der Waals surface area (Å²) in [5, 5.41) is 10.8. The van der Waals surface area contributed by atoms with Gasteiger partial charge in [-0.05, 0) is 76.2 Å². The monoisotopic (exact) mass is 670 g/mol. The fourth-order valence-corrected chi connectivity index (χ4v) is 7.27. The van der Waals surface area contributed by atoms with Gasteiger partial charge in [-0.15, -0.1) is 0 Å². The van der Waals surface area contributed by atoms with Gasteiger partial charge in [0.2, 0.25) is 0 Å². The lowest BCUT2D eigenvalue weighted by atomic mass is 9.77. The van der Waals surface area contributed by atoms with Gasteiger partial charge in [-0.25, -0.2) is 0 Å². The zero-order valence-electron chi connectivity index (χ0n) is 28.4. The zero-order valence-corrected chi connectivity index (χ0v) is 28.4. The van der Waals surface area contributed by atoms with Gasteiger partial charge in [0.25, 0.3) is 0 Å². The van der Waals surface area contributed by atoms with Gasteiger partial charge in [0, 0.05) is 27.5 Å². The first kappa shape index (κ1) is 32.8. The molecule has 1 aliphatic carbocycles. The molecule has 1 aliphatic heterocycles. The van der Waals surface area contributed by atoms with Crippen LogP contribution in [0.25, 0.3) is 28.0 Å². The number of methoxy groups -OCH3 is 2. The lowest BCUT2D eigenvalue weighted by molar-refractivity contribution is -0.148. The molecule has 0 saturated carbocycles. The van der Waals surface area contributed by atoms with Gasteiger partial charge < -0.3 is 28.8 Å². The number of hydrogen-bond acceptors (Lipinski definition) is 7. The van der Waals surface area contributed by atoms with Gasteiger partial charge >= 0.3 is 11.9 Å². The van der Waals surface area contributed by atoms with Gasteiger partial charge in [-0.2, -0.15) is 0 Å². The van der Waals surface area contributed by atoms with E-state index in [1.54, 1.807) is 14.2 Å². The average molecular weight is 671 g/mol. The average Bonchev–Trinajstić information content (AvgIpc) is 3.39. The van der Waals surface area contributed by atoms with E-state index >= 15 is 0 Å². The van der Waals surface area contributed by atoms with Crippen LogP contribution in [0.15, 0.2) is 97.1 Å². The van der Waals surface area contributed by atoms with Gasteiger partial charge in [-0.3, -0.25) is 9.59 Å². The molecule has 0 amide bonds. The van der Waals surface area contributed by atoms with E-state index in [-0.39, 0.29) is 31.5 Å². The molecule has 254 valence electrons. The van der Waals surface area contributed by atoms with Crippen LogP contribution in [-0.2, 0) is 25.3 Å². The molecule has 1 unspecified atom stereocenters. The van der Waals surface area contributed by atoms with Crippen molar-refractivity contribution in [2.75, 3.05) is 27.4 Å². The van der Waals surface area contributed by atoms with Crippen LogP contribution in [0.5, 0.6) is 23.0 Å². The standard InChI is InChI=1S/C42H38O8/c1-41(2)35-8-6-5-7-32(35)38-31-18-17-30(47-4)25-34(31)40-33(39(38)41)21-22-42(50-40,26-9-13-28(46-3)14-10-26)27-11-15-29(16-12-27)48-23-24-49-37(45)20-19-36(43)44/h5-18,21-22,25H,19-20,23-24H2,1-4H3,(H,43,44). The number of aliphatic carboxylic acids is 1. The summed E-state index contributed by atoms with van der Waals surface area (Å²) >= 11 is 0. The molecule has 1 heterocycles. The molecule has 8 heteroatoms. The number of ether oxygens (including phenoxy) is 5. The van der Waals surface area contributed by atoms with Crippen LogP contribution in [0.2, 0.25) is 0 Å². The fraction of sp³-hybridized carbons (Fsp3) is 0.238. The van der Waals surface area contributed by atoms with Crippen LogP contribution in [0.4, 0.5) is 0 Å². The van der Waals surface area contributed by atoms with Crippen LogP contribution in [0.1, 0.15) is 54.5 Å². The lowest BCUT2D eigenvalue weighted by Crippen LogP contribution is -2.35. The third-order valence-corrected chi connectivity index (χ3v) is 9.71. The Bertz CT molecular complexity index is 2130. The van der Waals surface area contributed by atoms with Crippen LogP contribution in [0.3, 0.4) is 0 Å². The molecule has 0 saturated heterocycles. The number of carboxylic acids is 1. The summed E-state index contributed by atoms with van der Waals surface area (Å²) < 4.78 is 29.6. The Kier molecular flexibility index (Phi) is 8.48. The second-order valence-electron chi connectivity index (χ2n) is 13.0. The Morgan fingerprint density at radius 2 is 1.42 bits per heavy atom. The van der Waals surface area contributed by atoms with Crippen molar-refractivity contribution in [3.8, 4) is 34.1 Å². The van der Waals surface area contributed by atoms with Crippen molar-refractivity contribution in [1.29, 1.82) is 0 Å². The predicted molar refractivity (Wildman–Crippen MR) is 191 cm³/mol. The highest BCUT2D eigenvalue weighted by molar-refractivity contribution is 6.09. The molecule has 0 aromatic heterocycles. The Labute approximate surface area is 290 Å². The number of carbonyl (C=O) groups is 2. The van der Waals surface area contributed by atoms with E-state index in [1.165, 1.54) is 22.3 Å². The molecular weight excluding hydrogens is 632 g/mol. The van der Waals surface area contributed by atoms with Gasteiger partial charge in [0.05, 0.1) is 27.1 Å². The maximum atomic E-state index is 11.8. The molecule has 5 aromatic rings. The highest BCUT2D eigenvalue weighted by Crippen LogP contribution is 2.58. The van der Waals surface area contributed by atoms with E-state index < -0.39 is 17.5 Å². The molecular formula is C42H38O8. The molecule has 7 rings (SSSR count). The Hall–Kier alpha value is -5.76. The van der Waals surface area contributed by atoms with Gasteiger partial charge in [0.1, 0.15) is 36.2 Å². The molecule has 1 N–H and O–H groups in total. The Morgan fingerprint density at radius 3 is 2.10 bits per heavy atom. The molecule has 0 fully saturated rings. The highest BCUT2D eigenvalue weighted by Gasteiger charge is 2.44. The summed E-state index contributed by atoms with van der Waals surface area (Å²) in [7, 11) is 3.32. The van der Waals surface area contributed by atoms with Crippen molar-refractivity contribution in [2.45, 2.75) is 37.7 Å². The van der Waals surface area contributed by atoms with Crippen molar-refractivity contribution in [3.63, 3.8) is 0 Å². The van der Waals surface area contributed by atoms with Crippen molar-refractivity contribution in [3.05, 3.63) is 125 Å². The van der Waals surface area contributed by atoms with Crippen LogP contribution in [0, 0.1) is 0 Å². The first-order valence-electron chi connectivity index (χ1n) is 16.6. The largest absolute Gasteiger partial charge is 0.497 e.